The summed E-state index contributed by atoms with van der Waals surface area (Å²) in [5.74, 6) is 1.94. The summed E-state index contributed by atoms with van der Waals surface area (Å²) >= 11 is 0. The lowest BCUT2D eigenvalue weighted by Crippen LogP contribution is -2.40. The summed E-state index contributed by atoms with van der Waals surface area (Å²) in [4.78, 5) is 18.9. The predicted molar refractivity (Wildman–Crippen MR) is 103 cm³/mol. The average molecular weight is 378 g/mol. The van der Waals surface area contributed by atoms with E-state index >= 15 is 0 Å². The maximum absolute atomic E-state index is 12.7. The van der Waals surface area contributed by atoms with Gasteiger partial charge < -0.3 is 14.1 Å². The van der Waals surface area contributed by atoms with Crippen LogP contribution in [0.25, 0.3) is 11.6 Å². The van der Waals surface area contributed by atoms with Gasteiger partial charge in [-0.3, -0.25) is 9.78 Å². The Morgan fingerprint density at radius 2 is 2.07 bits per heavy atom. The third-order valence-corrected chi connectivity index (χ3v) is 4.96. The van der Waals surface area contributed by atoms with Crippen molar-refractivity contribution in [1.29, 1.82) is 0 Å². The van der Waals surface area contributed by atoms with E-state index in [2.05, 4.69) is 15.2 Å². The molecule has 1 aliphatic rings. The smallest absolute Gasteiger partial charge is 0.266 e. The molecule has 0 radical (unpaired) electrons. The van der Waals surface area contributed by atoms with Gasteiger partial charge in [-0.1, -0.05) is 18.2 Å². The second-order valence-electron chi connectivity index (χ2n) is 6.86. The summed E-state index contributed by atoms with van der Waals surface area (Å²) in [6.45, 7) is 1.35. The number of pyridine rings is 1. The first-order valence-electron chi connectivity index (χ1n) is 9.38. The van der Waals surface area contributed by atoms with E-state index in [1.54, 1.807) is 13.3 Å². The largest absolute Gasteiger partial charge is 0.497 e. The maximum Gasteiger partial charge on any atom is 0.266 e. The van der Waals surface area contributed by atoms with Gasteiger partial charge in [-0.15, -0.1) is 10.2 Å². The molecule has 2 aromatic heterocycles. The fourth-order valence-electron chi connectivity index (χ4n) is 3.43. The van der Waals surface area contributed by atoms with E-state index < -0.39 is 0 Å². The third kappa shape index (κ3) is 4.03. The second-order valence-corrected chi connectivity index (χ2v) is 6.86. The molecule has 1 fully saturated rings. The Hall–Kier alpha value is -3.22. The van der Waals surface area contributed by atoms with Crippen molar-refractivity contribution in [2.45, 2.75) is 25.2 Å². The molecule has 7 heteroatoms. The van der Waals surface area contributed by atoms with Crippen molar-refractivity contribution in [2.24, 2.45) is 0 Å². The molecular formula is C21H22N4O3. The van der Waals surface area contributed by atoms with Crippen molar-refractivity contribution >= 4 is 5.91 Å². The van der Waals surface area contributed by atoms with Crippen LogP contribution < -0.4 is 4.74 Å². The van der Waals surface area contributed by atoms with Gasteiger partial charge in [-0.2, -0.15) is 0 Å². The highest BCUT2D eigenvalue weighted by Crippen LogP contribution is 2.28. The standard InChI is InChI=1S/C21H22N4O3/c1-27-17-9-7-15(8-10-17)13-19(26)25-12-4-5-16(14-25)20-23-24-21(28-20)18-6-2-3-11-22-18/h2-3,6-11,16H,4-5,12-14H2,1H3. The third-order valence-electron chi connectivity index (χ3n) is 4.96. The van der Waals surface area contributed by atoms with E-state index in [9.17, 15) is 4.79 Å². The molecule has 3 heterocycles. The van der Waals surface area contributed by atoms with Crippen molar-refractivity contribution in [1.82, 2.24) is 20.1 Å². The highest BCUT2D eigenvalue weighted by atomic mass is 16.5. The summed E-state index contributed by atoms with van der Waals surface area (Å²) in [7, 11) is 1.63. The quantitative estimate of drug-likeness (QED) is 0.679. The molecule has 3 aromatic rings. The molecule has 4 rings (SSSR count). The van der Waals surface area contributed by atoms with Crippen LogP contribution in [-0.4, -0.2) is 46.2 Å². The molecule has 144 valence electrons. The molecule has 0 bridgehead atoms. The number of rotatable bonds is 5. The SMILES string of the molecule is COc1ccc(CC(=O)N2CCCC(c3nnc(-c4ccccn4)o3)C2)cc1. The van der Waals surface area contributed by atoms with Crippen LogP contribution in [0, 0.1) is 0 Å². The van der Waals surface area contributed by atoms with E-state index in [0.717, 1.165) is 30.7 Å². The molecule has 1 amide bonds. The zero-order chi connectivity index (χ0) is 19.3. The van der Waals surface area contributed by atoms with Crippen LogP contribution >= 0.6 is 0 Å². The zero-order valence-corrected chi connectivity index (χ0v) is 15.7. The molecular weight excluding hydrogens is 356 g/mol. The zero-order valence-electron chi connectivity index (χ0n) is 15.7. The minimum atomic E-state index is 0.0542. The van der Waals surface area contributed by atoms with Crippen molar-refractivity contribution < 1.29 is 13.9 Å². The number of methoxy groups -OCH3 is 1. The Labute approximate surface area is 163 Å². The normalized spacial score (nSPS) is 16.8. The van der Waals surface area contributed by atoms with Gasteiger partial charge in [0.2, 0.25) is 11.8 Å². The molecule has 1 atom stereocenters. The number of aromatic nitrogens is 3. The van der Waals surface area contributed by atoms with Gasteiger partial charge in [-0.05, 0) is 42.7 Å². The first-order valence-corrected chi connectivity index (χ1v) is 9.38. The van der Waals surface area contributed by atoms with Gasteiger partial charge in [0.1, 0.15) is 11.4 Å². The first-order chi connectivity index (χ1) is 13.7. The van der Waals surface area contributed by atoms with Crippen LogP contribution in [0.1, 0.15) is 30.2 Å². The number of piperidine rings is 1. The Morgan fingerprint density at radius 1 is 1.21 bits per heavy atom. The maximum atomic E-state index is 12.7. The van der Waals surface area contributed by atoms with Gasteiger partial charge in [0.25, 0.3) is 5.89 Å². The topological polar surface area (TPSA) is 81.4 Å². The number of carbonyl (C=O) groups excluding carboxylic acids is 1. The lowest BCUT2D eigenvalue weighted by molar-refractivity contribution is -0.131. The van der Waals surface area contributed by atoms with Crippen LogP contribution in [0.4, 0.5) is 0 Å². The monoisotopic (exact) mass is 378 g/mol. The summed E-state index contributed by atoms with van der Waals surface area (Å²) in [6, 6.07) is 13.2. The van der Waals surface area contributed by atoms with Crippen LogP contribution in [-0.2, 0) is 11.2 Å². The Kier molecular flexibility index (Phi) is 5.32. The number of hydrogen-bond donors (Lipinski definition) is 0. The first kappa shape index (κ1) is 18.2. The Morgan fingerprint density at radius 3 is 2.82 bits per heavy atom. The summed E-state index contributed by atoms with van der Waals surface area (Å²) < 4.78 is 11.0. The lowest BCUT2D eigenvalue weighted by atomic mass is 9.97. The van der Waals surface area contributed by atoms with Crippen LogP contribution in [0.5, 0.6) is 5.75 Å². The van der Waals surface area contributed by atoms with Gasteiger partial charge in [0.15, 0.2) is 0 Å². The highest BCUT2D eigenvalue weighted by molar-refractivity contribution is 5.79. The molecule has 1 aromatic carbocycles. The number of hydrogen-bond acceptors (Lipinski definition) is 6. The minimum Gasteiger partial charge on any atom is -0.497 e. The number of likely N-dealkylation sites (tertiary alicyclic amines) is 1. The number of benzene rings is 1. The average Bonchev–Trinajstić information content (AvgIpc) is 3.25. The molecule has 28 heavy (non-hydrogen) atoms. The van der Waals surface area contributed by atoms with Crippen molar-refractivity contribution in [3.8, 4) is 17.3 Å². The molecule has 7 nitrogen and oxygen atoms in total. The van der Waals surface area contributed by atoms with Crippen molar-refractivity contribution in [3.05, 3.63) is 60.1 Å². The molecule has 0 saturated carbocycles. The van der Waals surface area contributed by atoms with Crippen LogP contribution in [0.3, 0.4) is 0 Å². The minimum absolute atomic E-state index is 0.0542. The van der Waals surface area contributed by atoms with E-state index in [-0.39, 0.29) is 11.8 Å². The number of carbonyl (C=O) groups is 1. The van der Waals surface area contributed by atoms with Crippen LogP contribution in [0.15, 0.2) is 53.1 Å². The molecule has 0 N–H and O–H groups in total. The Bertz CT molecular complexity index is 924. The second kappa shape index (κ2) is 8.21. The van der Waals surface area contributed by atoms with Gasteiger partial charge in [0.05, 0.1) is 19.4 Å². The van der Waals surface area contributed by atoms with Gasteiger partial charge in [0, 0.05) is 19.3 Å². The van der Waals surface area contributed by atoms with E-state index in [1.165, 1.54) is 0 Å². The highest BCUT2D eigenvalue weighted by Gasteiger charge is 2.28. The summed E-state index contributed by atoms with van der Waals surface area (Å²) in [5, 5.41) is 8.33. The molecule has 1 saturated heterocycles. The lowest BCUT2D eigenvalue weighted by Gasteiger charge is -2.31. The van der Waals surface area contributed by atoms with Crippen molar-refractivity contribution in [2.75, 3.05) is 20.2 Å². The van der Waals surface area contributed by atoms with Gasteiger partial charge >= 0.3 is 0 Å². The molecule has 1 aliphatic heterocycles. The number of ether oxygens (including phenoxy) is 1. The fraction of sp³-hybridized carbons (Fsp3) is 0.333. The fourth-order valence-corrected chi connectivity index (χ4v) is 3.43. The number of amides is 1. The molecule has 1 unspecified atom stereocenters. The molecule has 0 spiro atoms. The van der Waals surface area contributed by atoms with E-state index in [1.807, 2.05) is 47.4 Å². The van der Waals surface area contributed by atoms with Crippen molar-refractivity contribution in [3.63, 3.8) is 0 Å². The van der Waals surface area contributed by atoms with E-state index in [0.29, 0.717) is 30.4 Å². The van der Waals surface area contributed by atoms with E-state index in [4.69, 9.17) is 9.15 Å². The van der Waals surface area contributed by atoms with Gasteiger partial charge in [-0.25, -0.2) is 0 Å². The molecule has 0 aliphatic carbocycles. The predicted octanol–water partition coefficient (Wildman–Crippen LogP) is 3.09. The summed E-state index contributed by atoms with van der Waals surface area (Å²) in [6.07, 6.45) is 3.91. The summed E-state index contributed by atoms with van der Waals surface area (Å²) in [5.41, 5.74) is 1.63. The number of nitrogens with zero attached hydrogens (tertiary/aromatic N) is 4. The Balaban J connectivity index is 1.41. The van der Waals surface area contributed by atoms with Crippen LogP contribution in [0.2, 0.25) is 0 Å².